The maximum Gasteiger partial charge on any atom is 0.335 e. The number of hydrogen-bond donors (Lipinski definition) is 2. The van der Waals surface area contributed by atoms with Crippen LogP contribution >= 0.6 is 0 Å². The van der Waals surface area contributed by atoms with E-state index in [1.54, 1.807) is 6.07 Å². The first-order valence-corrected chi connectivity index (χ1v) is 5.72. The number of phenols is 1. The summed E-state index contributed by atoms with van der Waals surface area (Å²) in [6.45, 7) is 0. The second kappa shape index (κ2) is 5.16. The highest BCUT2D eigenvalue weighted by molar-refractivity contribution is 6.02. The summed E-state index contributed by atoms with van der Waals surface area (Å²) in [5, 5.41) is 19.9. The fourth-order valence-corrected chi connectivity index (χ4v) is 2.11. The number of aromatic carboxylic acids is 1. The van der Waals surface area contributed by atoms with Crippen molar-refractivity contribution in [3.63, 3.8) is 0 Å². The Labute approximate surface area is 115 Å². The second-order valence-electron chi connectivity index (χ2n) is 4.04. The molecular weight excluding hydrogens is 264 g/mol. The number of methoxy groups -OCH3 is 3. The Bertz CT molecular complexity index is 677. The van der Waals surface area contributed by atoms with Gasteiger partial charge in [0, 0.05) is 0 Å². The molecule has 6 heteroatoms. The van der Waals surface area contributed by atoms with E-state index in [1.165, 1.54) is 33.5 Å². The molecule has 106 valence electrons. The number of fused-ring (bicyclic) bond motifs is 1. The van der Waals surface area contributed by atoms with Crippen LogP contribution in [0.2, 0.25) is 0 Å². The molecule has 0 unspecified atom stereocenters. The van der Waals surface area contributed by atoms with Crippen molar-refractivity contribution in [1.29, 1.82) is 0 Å². The molecule has 2 N–H and O–H groups in total. The Morgan fingerprint density at radius 1 is 1.00 bits per heavy atom. The van der Waals surface area contributed by atoms with Gasteiger partial charge in [0.1, 0.15) is 5.75 Å². The zero-order valence-electron chi connectivity index (χ0n) is 11.3. The van der Waals surface area contributed by atoms with Gasteiger partial charge in [-0.05, 0) is 23.6 Å². The van der Waals surface area contributed by atoms with E-state index in [0.29, 0.717) is 22.3 Å². The van der Waals surface area contributed by atoms with Gasteiger partial charge in [-0.25, -0.2) is 4.79 Å². The van der Waals surface area contributed by atoms with Crippen molar-refractivity contribution in [2.75, 3.05) is 21.3 Å². The molecule has 0 aliphatic carbocycles. The molecule has 0 aromatic heterocycles. The average Bonchev–Trinajstić information content (AvgIpc) is 2.44. The Balaban J connectivity index is 2.90. The third-order valence-corrected chi connectivity index (χ3v) is 2.97. The van der Waals surface area contributed by atoms with Gasteiger partial charge in [0.05, 0.1) is 32.3 Å². The fourth-order valence-electron chi connectivity index (χ4n) is 2.11. The fraction of sp³-hybridized carbons (Fsp3) is 0.214. The van der Waals surface area contributed by atoms with Crippen molar-refractivity contribution in [3.05, 3.63) is 23.8 Å². The molecule has 6 nitrogen and oxygen atoms in total. The zero-order chi connectivity index (χ0) is 14.9. The van der Waals surface area contributed by atoms with Crippen LogP contribution in [0.4, 0.5) is 0 Å². The van der Waals surface area contributed by atoms with Crippen molar-refractivity contribution in [2.24, 2.45) is 0 Å². The molecule has 2 aromatic carbocycles. The van der Waals surface area contributed by atoms with Crippen LogP contribution in [0.1, 0.15) is 10.4 Å². The van der Waals surface area contributed by atoms with Gasteiger partial charge in [0.15, 0.2) is 11.5 Å². The maximum atomic E-state index is 11.0. The molecule has 0 saturated carbocycles. The highest BCUT2D eigenvalue weighted by Crippen LogP contribution is 2.46. The van der Waals surface area contributed by atoms with Gasteiger partial charge in [0.25, 0.3) is 0 Å². The van der Waals surface area contributed by atoms with Crippen LogP contribution in [-0.4, -0.2) is 37.5 Å². The van der Waals surface area contributed by atoms with Crippen molar-refractivity contribution in [2.45, 2.75) is 0 Å². The number of carboxylic acids is 1. The summed E-state index contributed by atoms with van der Waals surface area (Å²) < 4.78 is 15.7. The van der Waals surface area contributed by atoms with Crippen molar-refractivity contribution in [3.8, 4) is 23.0 Å². The highest BCUT2D eigenvalue weighted by Gasteiger charge is 2.20. The molecule has 0 radical (unpaired) electrons. The lowest BCUT2D eigenvalue weighted by Crippen LogP contribution is -1.99. The SMILES string of the molecule is COc1cc2cc(C(=O)O)cc(O)c2c(OC)c1OC. The van der Waals surface area contributed by atoms with Gasteiger partial charge < -0.3 is 24.4 Å². The van der Waals surface area contributed by atoms with E-state index in [-0.39, 0.29) is 17.1 Å². The van der Waals surface area contributed by atoms with Crippen LogP contribution in [0.5, 0.6) is 23.0 Å². The Morgan fingerprint density at radius 2 is 1.65 bits per heavy atom. The lowest BCUT2D eigenvalue weighted by molar-refractivity contribution is 0.0696. The summed E-state index contributed by atoms with van der Waals surface area (Å²) in [6.07, 6.45) is 0. The predicted octanol–water partition coefficient (Wildman–Crippen LogP) is 2.27. The van der Waals surface area contributed by atoms with E-state index in [4.69, 9.17) is 19.3 Å². The van der Waals surface area contributed by atoms with E-state index < -0.39 is 5.97 Å². The predicted molar refractivity (Wildman–Crippen MR) is 72.2 cm³/mol. The van der Waals surface area contributed by atoms with Gasteiger partial charge in [-0.15, -0.1) is 0 Å². The zero-order valence-corrected chi connectivity index (χ0v) is 11.3. The molecule has 20 heavy (non-hydrogen) atoms. The first-order valence-electron chi connectivity index (χ1n) is 5.72. The summed E-state index contributed by atoms with van der Waals surface area (Å²) in [6, 6.07) is 4.18. The molecule has 2 aromatic rings. The molecule has 0 spiro atoms. The number of aromatic hydroxyl groups is 1. The van der Waals surface area contributed by atoms with E-state index in [9.17, 15) is 9.90 Å². The highest BCUT2D eigenvalue weighted by atomic mass is 16.5. The van der Waals surface area contributed by atoms with Gasteiger partial charge in [0.2, 0.25) is 5.75 Å². The molecule has 0 bridgehead atoms. The van der Waals surface area contributed by atoms with Gasteiger partial charge in [-0.3, -0.25) is 0 Å². The number of phenolic OH excluding ortho intramolecular Hbond substituents is 1. The standard InChI is InChI=1S/C14H14O6/c1-18-10-6-7-4-8(14(16)17)5-9(15)11(7)13(20-3)12(10)19-2/h4-6,15H,1-3H3,(H,16,17). The monoisotopic (exact) mass is 278 g/mol. The largest absolute Gasteiger partial charge is 0.507 e. The van der Waals surface area contributed by atoms with Crippen LogP contribution in [0.3, 0.4) is 0 Å². The summed E-state index contributed by atoms with van der Waals surface area (Å²) >= 11 is 0. The number of carbonyl (C=O) groups is 1. The topological polar surface area (TPSA) is 85.2 Å². The summed E-state index contributed by atoms with van der Waals surface area (Å²) in [5.74, 6) is -0.315. The van der Waals surface area contributed by atoms with E-state index in [0.717, 1.165) is 0 Å². The van der Waals surface area contributed by atoms with Crippen LogP contribution in [-0.2, 0) is 0 Å². The van der Waals surface area contributed by atoms with E-state index in [2.05, 4.69) is 0 Å². The van der Waals surface area contributed by atoms with Crippen LogP contribution in [0.15, 0.2) is 18.2 Å². The number of rotatable bonds is 4. The molecular formula is C14H14O6. The average molecular weight is 278 g/mol. The number of hydrogen-bond acceptors (Lipinski definition) is 5. The minimum absolute atomic E-state index is 0.0238. The van der Waals surface area contributed by atoms with E-state index >= 15 is 0 Å². The third-order valence-electron chi connectivity index (χ3n) is 2.97. The van der Waals surface area contributed by atoms with Crippen molar-refractivity contribution < 1.29 is 29.2 Å². The quantitative estimate of drug-likeness (QED) is 0.892. The lowest BCUT2D eigenvalue weighted by Gasteiger charge is -2.15. The van der Waals surface area contributed by atoms with Crippen LogP contribution < -0.4 is 14.2 Å². The van der Waals surface area contributed by atoms with Crippen molar-refractivity contribution in [1.82, 2.24) is 0 Å². The Hall–Kier alpha value is -2.63. The minimum Gasteiger partial charge on any atom is -0.507 e. The number of ether oxygens (including phenoxy) is 3. The summed E-state index contributed by atoms with van der Waals surface area (Å²) in [4.78, 5) is 11.0. The first-order chi connectivity index (χ1) is 9.53. The Morgan fingerprint density at radius 3 is 2.15 bits per heavy atom. The summed E-state index contributed by atoms with van der Waals surface area (Å²) in [5.41, 5.74) is -0.0238. The number of carboxylic acid groups (broad SMARTS) is 1. The lowest BCUT2D eigenvalue weighted by atomic mass is 10.0. The molecule has 0 amide bonds. The second-order valence-corrected chi connectivity index (χ2v) is 4.04. The maximum absolute atomic E-state index is 11.0. The van der Waals surface area contributed by atoms with E-state index in [1.807, 2.05) is 0 Å². The third kappa shape index (κ3) is 2.05. The number of benzene rings is 2. The summed E-state index contributed by atoms with van der Waals surface area (Å²) in [7, 11) is 4.35. The Kier molecular flexibility index (Phi) is 3.56. The van der Waals surface area contributed by atoms with Gasteiger partial charge in [-0.2, -0.15) is 0 Å². The van der Waals surface area contributed by atoms with Crippen molar-refractivity contribution >= 4 is 16.7 Å². The first kappa shape index (κ1) is 13.8. The minimum atomic E-state index is -1.13. The molecule has 0 aliphatic rings. The molecule has 0 saturated heterocycles. The smallest absolute Gasteiger partial charge is 0.335 e. The molecule has 0 atom stereocenters. The molecule has 0 heterocycles. The van der Waals surface area contributed by atoms with Gasteiger partial charge >= 0.3 is 5.97 Å². The normalized spacial score (nSPS) is 10.3. The van der Waals surface area contributed by atoms with Crippen LogP contribution in [0, 0.1) is 0 Å². The molecule has 2 rings (SSSR count). The van der Waals surface area contributed by atoms with Crippen LogP contribution in [0.25, 0.3) is 10.8 Å². The molecule has 0 fully saturated rings. The molecule has 0 aliphatic heterocycles. The van der Waals surface area contributed by atoms with Gasteiger partial charge in [-0.1, -0.05) is 0 Å².